The van der Waals surface area contributed by atoms with E-state index in [2.05, 4.69) is 20.0 Å². The largest absolute Gasteiger partial charge is 0.573 e. The molecule has 12 heteroatoms. The summed E-state index contributed by atoms with van der Waals surface area (Å²) < 4.78 is 61.6. The van der Waals surface area contributed by atoms with Gasteiger partial charge in [0.15, 0.2) is 17.3 Å². The van der Waals surface area contributed by atoms with Crippen molar-refractivity contribution in [2.45, 2.75) is 18.3 Å². The SMILES string of the molecule is O=C(NC1(c2ccc(OC(F)(F)F)c(F)c2)CCOc2c(Cl)ccnc21)c1ccc(=O)[nH]c1. The number of benzene rings is 1. The second kappa shape index (κ2) is 8.39. The Bertz CT molecular complexity index is 1260. The molecule has 4 rings (SSSR count). The van der Waals surface area contributed by atoms with Crippen LogP contribution in [-0.4, -0.2) is 28.8 Å². The van der Waals surface area contributed by atoms with Crippen molar-refractivity contribution in [1.82, 2.24) is 15.3 Å². The Balaban J connectivity index is 1.84. The molecule has 2 N–H and O–H groups in total. The van der Waals surface area contributed by atoms with Gasteiger partial charge >= 0.3 is 6.36 Å². The molecule has 172 valence electrons. The van der Waals surface area contributed by atoms with Gasteiger partial charge in [-0.3, -0.25) is 14.6 Å². The van der Waals surface area contributed by atoms with Crippen molar-refractivity contribution in [2.75, 3.05) is 6.61 Å². The predicted molar refractivity (Wildman–Crippen MR) is 108 cm³/mol. The lowest BCUT2D eigenvalue weighted by molar-refractivity contribution is -0.275. The van der Waals surface area contributed by atoms with Crippen molar-refractivity contribution in [3.8, 4) is 11.5 Å². The molecular formula is C21H14ClF4N3O4. The van der Waals surface area contributed by atoms with E-state index in [-0.39, 0.29) is 40.6 Å². The standard InChI is InChI=1S/C21H14ClF4N3O4/c22-13-5-7-27-18-17(13)32-8-6-20(18,29-19(31)11-1-4-16(30)28-10-11)12-2-3-15(14(23)9-12)33-21(24,25)26/h1-5,7,9-10H,6,8H2,(H,28,30)(H,29,31). The molecule has 1 aromatic carbocycles. The fourth-order valence-electron chi connectivity index (χ4n) is 3.56. The molecule has 1 amide bonds. The third kappa shape index (κ3) is 4.49. The average molecular weight is 484 g/mol. The van der Waals surface area contributed by atoms with Crippen LogP contribution in [0.4, 0.5) is 17.6 Å². The molecule has 0 aliphatic carbocycles. The summed E-state index contributed by atoms with van der Waals surface area (Å²) in [5, 5.41) is 2.95. The molecule has 33 heavy (non-hydrogen) atoms. The number of nitrogens with one attached hydrogen (secondary N) is 2. The van der Waals surface area contributed by atoms with Crippen LogP contribution in [0.15, 0.2) is 53.6 Å². The quantitative estimate of drug-likeness (QED) is 0.549. The van der Waals surface area contributed by atoms with Gasteiger partial charge in [-0.15, -0.1) is 13.2 Å². The first-order chi connectivity index (χ1) is 15.6. The molecule has 0 saturated heterocycles. The van der Waals surface area contributed by atoms with Crippen LogP contribution in [0.1, 0.15) is 28.0 Å². The maximum Gasteiger partial charge on any atom is 0.573 e. The maximum atomic E-state index is 14.6. The van der Waals surface area contributed by atoms with Crippen LogP contribution < -0.4 is 20.3 Å². The van der Waals surface area contributed by atoms with Gasteiger partial charge in [-0.1, -0.05) is 17.7 Å². The zero-order valence-electron chi connectivity index (χ0n) is 16.5. The molecule has 7 nitrogen and oxygen atoms in total. The lowest BCUT2D eigenvalue weighted by Gasteiger charge is -2.39. The highest BCUT2D eigenvalue weighted by molar-refractivity contribution is 6.32. The first-order valence-electron chi connectivity index (χ1n) is 9.44. The first-order valence-corrected chi connectivity index (χ1v) is 9.82. The number of fused-ring (bicyclic) bond motifs is 1. The number of halogens is 5. The number of pyridine rings is 2. The third-order valence-corrected chi connectivity index (χ3v) is 5.31. The van der Waals surface area contributed by atoms with Crippen molar-refractivity contribution >= 4 is 17.5 Å². The number of ether oxygens (including phenoxy) is 2. The van der Waals surface area contributed by atoms with Crippen LogP contribution in [0, 0.1) is 5.82 Å². The molecule has 0 saturated carbocycles. The number of hydrogen-bond donors (Lipinski definition) is 2. The van der Waals surface area contributed by atoms with E-state index in [0.717, 1.165) is 18.2 Å². The van der Waals surface area contributed by atoms with E-state index in [1.54, 1.807) is 0 Å². The molecule has 3 aromatic rings. The smallest absolute Gasteiger partial charge is 0.490 e. The van der Waals surface area contributed by atoms with E-state index >= 15 is 0 Å². The highest BCUT2D eigenvalue weighted by Gasteiger charge is 2.44. The number of aromatic amines is 1. The molecule has 1 aliphatic rings. The zero-order valence-corrected chi connectivity index (χ0v) is 17.3. The molecule has 1 aliphatic heterocycles. The van der Waals surface area contributed by atoms with Crippen LogP contribution in [0.25, 0.3) is 0 Å². The van der Waals surface area contributed by atoms with E-state index in [4.69, 9.17) is 16.3 Å². The zero-order chi connectivity index (χ0) is 23.8. The Hall–Kier alpha value is -3.60. The Morgan fingerprint density at radius 2 is 2.03 bits per heavy atom. The molecule has 3 heterocycles. The maximum absolute atomic E-state index is 14.6. The molecule has 1 unspecified atom stereocenters. The van der Waals surface area contributed by atoms with Crippen molar-refractivity contribution in [2.24, 2.45) is 0 Å². The van der Waals surface area contributed by atoms with Crippen LogP contribution in [-0.2, 0) is 5.54 Å². The molecule has 0 bridgehead atoms. The summed E-state index contributed by atoms with van der Waals surface area (Å²) in [5.41, 5.74) is -1.62. The topological polar surface area (TPSA) is 93.3 Å². The van der Waals surface area contributed by atoms with Crippen molar-refractivity contribution in [1.29, 1.82) is 0 Å². The van der Waals surface area contributed by atoms with Crippen LogP contribution in [0.3, 0.4) is 0 Å². The minimum Gasteiger partial charge on any atom is -0.490 e. The van der Waals surface area contributed by atoms with E-state index in [0.29, 0.717) is 0 Å². The summed E-state index contributed by atoms with van der Waals surface area (Å²) in [7, 11) is 0. The van der Waals surface area contributed by atoms with E-state index in [1.165, 1.54) is 30.6 Å². The van der Waals surface area contributed by atoms with Gasteiger partial charge < -0.3 is 19.8 Å². The Morgan fingerprint density at radius 3 is 2.70 bits per heavy atom. The van der Waals surface area contributed by atoms with Gasteiger partial charge in [-0.25, -0.2) is 4.39 Å². The molecule has 0 fully saturated rings. The van der Waals surface area contributed by atoms with Gasteiger partial charge in [0.25, 0.3) is 5.91 Å². The fourth-order valence-corrected chi connectivity index (χ4v) is 3.76. The number of H-pyrrole nitrogens is 1. The number of rotatable bonds is 4. The van der Waals surface area contributed by atoms with Crippen LogP contribution >= 0.6 is 11.6 Å². The number of aromatic nitrogens is 2. The number of carbonyl (C=O) groups is 1. The van der Waals surface area contributed by atoms with E-state index < -0.39 is 34.9 Å². The second-order valence-corrected chi connectivity index (χ2v) is 7.47. The number of nitrogens with zero attached hydrogens (tertiary/aromatic N) is 1. The summed E-state index contributed by atoms with van der Waals surface area (Å²) in [5.74, 6) is -2.84. The molecule has 1 atom stereocenters. The highest BCUT2D eigenvalue weighted by Crippen LogP contribution is 2.44. The number of hydrogen-bond acceptors (Lipinski definition) is 5. The van der Waals surface area contributed by atoms with Gasteiger partial charge in [-0.2, -0.15) is 0 Å². The van der Waals surface area contributed by atoms with Crippen molar-refractivity contribution in [3.63, 3.8) is 0 Å². The molecule has 2 aromatic heterocycles. The second-order valence-electron chi connectivity index (χ2n) is 7.06. The van der Waals surface area contributed by atoms with E-state index in [1.807, 2.05) is 0 Å². The normalized spacial score (nSPS) is 17.6. The lowest BCUT2D eigenvalue weighted by atomic mass is 9.81. The molecular weight excluding hydrogens is 470 g/mol. The van der Waals surface area contributed by atoms with Crippen LogP contribution in [0.2, 0.25) is 5.02 Å². The predicted octanol–water partition coefficient (Wildman–Crippen LogP) is 3.92. The third-order valence-electron chi connectivity index (χ3n) is 5.01. The highest BCUT2D eigenvalue weighted by atomic mass is 35.5. The number of carbonyl (C=O) groups excluding carboxylic acids is 1. The summed E-state index contributed by atoms with van der Waals surface area (Å²) in [6.07, 6.45) is -2.48. The van der Waals surface area contributed by atoms with Crippen LogP contribution in [0.5, 0.6) is 11.5 Å². The Labute approximate surface area is 188 Å². The summed E-state index contributed by atoms with van der Waals surface area (Å²) in [6, 6.07) is 6.72. The fraction of sp³-hybridized carbons (Fsp3) is 0.190. The lowest BCUT2D eigenvalue weighted by Crippen LogP contribution is -2.50. The number of amides is 1. The molecule has 0 spiro atoms. The Morgan fingerprint density at radius 1 is 1.24 bits per heavy atom. The van der Waals surface area contributed by atoms with Gasteiger partial charge in [-0.05, 0) is 29.8 Å². The minimum atomic E-state index is -5.08. The minimum absolute atomic E-state index is 0.0345. The number of alkyl halides is 3. The molecule has 0 radical (unpaired) electrons. The first kappa shape index (κ1) is 22.6. The van der Waals surface area contributed by atoms with Gasteiger partial charge in [0.1, 0.15) is 11.2 Å². The van der Waals surface area contributed by atoms with E-state index in [9.17, 15) is 27.2 Å². The van der Waals surface area contributed by atoms with Crippen molar-refractivity contribution < 1.29 is 31.8 Å². The Kier molecular flexibility index (Phi) is 5.75. The summed E-state index contributed by atoms with van der Waals surface area (Å²) in [4.78, 5) is 31.0. The van der Waals surface area contributed by atoms with Gasteiger partial charge in [0, 0.05) is 24.9 Å². The average Bonchev–Trinajstić information content (AvgIpc) is 2.75. The van der Waals surface area contributed by atoms with Gasteiger partial charge in [0.2, 0.25) is 5.56 Å². The summed E-state index contributed by atoms with van der Waals surface area (Å²) in [6.45, 7) is 0.0345. The van der Waals surface area contributed by atoms with Crippen molar-refractivity contribution in [3.05, 3.63) is 86.8 Å². The monoisotopic (exact) mass is 483 g/mol. The van der Waals surface area contributed by atoms with Gasteiger partial charge in [0.05, 0.1) is 17.2 Å². The summed E-state index contributed by atoms with van der Waals surface area (Å²) >= 11 is 6.22.